The summed E-state index contributed by atoms with van der Waals surface area (Å²) in [6.07, 6.45) is 19.3. The number of fused-ring (bicyclic) bond motifs is 2. The maximum atomic E-state index is 13.5. The lowest BCUT2D eigenvalue weighted by atomic mass is 9.97. The first-order chi connectivity index (χ1) is 31.4. The summed E-state index contributed by atoms with van der Waals surface area (Å²) in [7, 11) is 0. The molecule has 0 fully saturated rings. The summed E-state index contributed by atoms with van der Waals surface area (Å²) >= 11 is 5.73. The zero-order chi connectivity index (χ0) is 47.5. The van der Waals surface area contributed by atoms with Crippen molar-refractivity contribution in [3.63, 3.8) is 0 Å². The molecule has 3 unspecified atom stereocenters. The zero-order valence-electron chi connectivity index (χ0n) is 40.8. The van der Waals surface area contributed by atoms with Crippen molar-refractivity contribution in [1.29, 1.82) is 0 Å². The van der Waals surface area contributed by atoms with E-state index in [2.05, 4.69) is 82.9 Å². The van der Waals surface area contributed by atoms with Crippen molar-refractivity contribution < 1.29 is 33.4 Å². The lowest BCUT2D eigenvalue weighted by molar-refractivity contribution is -0.117. The molecule has 65 heavy (non-hydrogen) atoms. The minimum Gasteiger partial charge on any atom is -0.491 e. The van der Waals surface area contributed by atoms with Gasteiger partial charge in [0, 0.05) is 9.79 Å². The van der Waals surface area contributed by atoms with Crippen LogP contribution < -0.4 is 15.4 Å². The highest BCUT2D eigenvalue weighted by atomic mass is 32.2. The number of aliphatic imine (C=N–C) groups is 2. The molecule has 1 aromatic rings. The number of carbonyl (C=O) groups is 4. The molecule has 4 heterocycles. The highest BCUT2D eigenvalue weighted by Gasteiger charge is 2.41. The van der Waals surface area contributed by atoms with Crippen LogP contribution in [0.3, 0.4) is 0 Å². The number of urea groups is 2. The predicted octanol–water partition coefficient (Wildman–Crippen LogP) is 14.8. The molecule has 0 spiro atoms. The number of hydrogen-bond acceptors (Lipinski definition) is 11. The number of nitrogens with one attached hydrogen (secondary N) is 2. The average molecular weight is 973 g/mol. The number of imide groups is 2. The Balaban J connectivity index is 0.000000926. The Bertz CT molecular complexity index is 1830. The molecule has 0 radical (unpaired) electrons. The Morgan fingerprint density at radius 1 is 0.462 bits per heavy atom. The third-order valence-corrected chi connectivity index (χ3v) is 18.0. The standard InChI is InChI=1S/C41H56N4O7S4.C9H20/c1-8-14-17-24(11-4)20-50-29-32-30(53-38(55-32)27-34(46)42-40(48)44-36(27)51-21-25(12-5)18-15-9-2)23(7)31-33(29)56-39(54-31)28-35(47)43-41(49)45-37(28)52-22-26(13-6)19-16-10-3;1-4-7-8-9(5-2)6-3/h24-26H,8-22H2,1-7H3,(H,42,46,48)(H,43,47,49);9H,4-8H2,1-3H3/b38-27-,39-28+;. The van der Waals surface area contributed by atoms with Crippen molar-refractivity contribution in [2.24, 2.45) is 33.7 Å². The summed E-state index contributed by atoms with van der Waals surface area (Å²) in [5.41, 5.74) is 1.46. The Hall–Kier alpha value is -2.88. The van der Waals surface area contributed by atoms with Crippen LogP contribution in [0.15, 0.2) is 49.2 Å². The number of thioether (sulfide) groups is 4. The molecule has 6 amide bonds. The van der Waals surface area contributed by atoms with Gasteiger partial charge in [-0.05, 0) is 55.4 Å². The second-order valence-electron chi connectivity index (χ2n) is 17.4. The molecule has 0 aliphatic carbocycles. The fourth-order valence-electron chi connectivity index (χ4n) is 7.85. The van der Waals surface area contributed by atoms with Gasteiger partial charge in [0.15, 0.2) is 0 Å². The fourth-order valence-corrected chi connectivity index (χ4v) is 13.6. The lowest BCUT2D eigenvalue weighted by Gasteiger charge is -2.21. The highest BCUT2D eigenvalue weighted by molar-refractivity contribution is 8.26. The SMILES string of the molecule is CCCCC(CC)CC.CCCCC(CC)COC1=NC(=O)NC(=O)/C1=C1/Sc2c(C)c3c(c(OCC(CC)CCCC)c2S1)S/C(=C1/C(=O)NC(=O)N=C1OCC(CC)CCCC)S3. The smallest absolute Gasteiger partial charge is 0.351 e. The number of rotatable bonds is 24. The van der Waals surface area contributed by atoms with E-state index in [-0.39, 0.29) is 34.8 Å². The van der Waals surface area contributed by atoms with E-state index >= 15 is 0 Å². The average Bonchev–Trinajstić information content (AvgIpc) is 3.94. The molecular weight excluding hydrogens is 897 g/mol. The molecule has 5 rings (SSSR count). The maximum absolute atomic E-state index is 13.5. The van der Waals surface area contributed by atoms with Gasteiger partial charge in [-0.2, -0.15) is 9.98 Å². The van der Waals surface area contributed by atoms with E-state index < -0.39 is 23.9 Å². The topological polar surface area (TPSA) is 145 Å². The number of unbranched alkanes of at least 4 members (excludes halogenated alkanes) is 4. The van der Waals surface area contributed by atoms with E-state index in [1.807, 2.05) is 6.92 Å². The summed E-state index contributed by atoms with van der Waals surface area (Å²) < 4.78 is 20.5. The van der Waals surface area contributed by atoms with E-state index in [4.69, 9.17) is 14.2 Å². The zero-order valence-corrected chi connectivity index (χ0v) is 44.1. The predicted molar refractivity (Wildman–Crippen MR) is 272 cm³/mol. The monoisotopic (exact) mass is 972 g/mol. The van der Waals surface area contributed by atoms with Crippen LogP contribution in [0, 0.1) is 30.6 Å². The Morgan fingerprint density at radius 3 is 1.12 bits per heavy atom. The largest absolute Gasteiger partial charge is 0.491 e. The number of hydrogen-bond donors (Lipinski definition) is 2. The highest BCUT2D eigenvalue weighted by Crippen LogP contribution is 2.66. The third-order valence-electron chi connectivity index (χ3n) is 12.5. The van der Waals surface area contributed by atoms with E-state index in [0.717, 1.165) is 108 Å². The van der Waals surface area contributed by atoms with E-state index in [0.29, 0.717) is 40.0 Å². The van der Waals surface area contributed by atoms with E-state index in [9.17, 15) is 19.2 Å². The first-order valence-electron chi connectivity index (χ1n) is 24.6. The van der Waals surface area contributed by atoms with Gasteiger partial charge in [-0.25, -0.2) is 9.59 Å². The molecule has 11 nitrogen and oxygen atoms in total. The van der Waals surface area contributed by atoms with Crippen LogP contribution >= 0.6 is 47.0 Å². The van der Waals surface area contributed by atoms with E-state index in [1.165, 1.54) is 79.2 Å². The molecule has 4 aliphatic rings. The van der Waals surface area contributed by atoms with Gasteiger partial charge in [0.2, 0.25) is 11.8 Å². The quantitative estimate of drug-likeness (QED) is 0.0955. The van der Waals surface area contributed by atoms with E-state index in [1.54, 1.807) is 0 Å². The summed E-state index contributed by atoms with van der Waals surface area (Å²) in [6.45, 7) is 23.0. The van der Waals surface area contributed by atoms with Gasteiger partial charge in [-0.3, -0.25) is 20.2 Å². The second kappa shape index (κ2) is 28.4. The lowest BCUT2D eigenvalue weighted by Crippen LogP contribution is -2.39. The van der Waals surface area contributed by atoms with Gasteiger partial charge in [-0.1, -0.05) is 199 Å². The molecule has 362 valence electrons. The first kappa shape index (κ1) is 54.7. The number of benzene rings is 1. The molecule has 0 aromatic heterocycles. The summed E-state index contributed by atoms with van der Waals surface area (Å²) in [5, 5.41) is 4.73. The molecule has 0 bridgehead atoms. The van der Waals surface area contributed by atoms with Gasteiger partial charge < -0.3 is 14.2 Å². The van der Waals surface area contributed by atoms with Crippen LogP contribution in [0.5, 0.6) is 5.75 Å². The molecule has 0 saturated heterocycles. The van der Waals surface area contributed by atoms with Gasteiger partial charge >= 0.3 is 12.1 Å². The van der Waals surface area contributed by atoms with Crippen molar-refractivity contribution in [3.8, 4) is 5.75 Å². The Labute approximate surface area is 406 Å². The van der Waals surface area contributed by atoms with Gasteiger partial charge in [0.1, 0.15) is 16.9 Å². The summed E-state index contributed by atoms with van der Waals surface area (Å²) in [4.78, 5) is 63.9. The fraction of sp³-hybridized carbons (Fsp3) is 0.680. The second-order valence-corrected chi connectivity index (χ2v) is 22.0. The van der Waals surface area contributed by atoms with Crippen LogP contribution in [0.2, 0.25) is 0 Å². The molecular formula is C50H76N4O7S4. The summed E-state index contributed by atoms with van der Waals surface area (Å²) in [6, 6.07) is -1.48. The molecule has 1 aromatic carbocycles. The van der Waals surface area contributed by atoms with Crippen LogP contribution in [0.4, 0.5) is 9.59 Å². The van der Waals surface area contributed by atoms with Crippen molar-refractivity contribution in [3.05, 3.63) is 25.2 Å². The molecule has 4 aliphatic heterocycles. The maximum Gasteiger partial charge on any atom is 0.351 e. The normalized spacial score (nSPS) is 19.4. The Kier molecular flexibility index (Phi) is 24.0. The van der Waals surface area contributed by atoms with Crippen LogP contribution in [0.25, 0.3) is 0 Å². The first-order valence-corrected chi connectivity index (χ1v) is 27.9. The number of carbonyl (C=O) groups excluding carboxylic acids is 4. The van der Waals surface area contributed by atoms with Gasteiger partial charge in [-0.15, -0.1) is 0 Å². The molecule has 3 atom stereocenters. The molecule has 0 saturated carbocycles. The van der Waals surface area contributed by atoms with Crippen LogP contribution in [-0.4, -0.2) is 55.5 Å². The minimum atomic E-state index is -0.738. The van der Waals surface area contributed by atoms with Crippen molar-refractivity contribution in [1.82, 2.24) is 10.6 Å². The van der Waals surface area contributed by atoms with Crippen molar-refractivity contribution in [2.45, 2.75) is 198 Å². The number of nitrogens with zero attached hydrogens (tertiary/aromatic N) is 2. The molecule has 2 N–H and O–H groups in total. The van der Waals surface area contributed by atoms with Crippen molar-refractivity contribution in [2.75, 3.05) is 19.8 Å². The van der Waals surface area contributed by atoms with Crippen LogP contribution in [0.1, 0.15) is 177 Å². The third kappa shape index (κ3) is 15.3. The van der Waals surface area contributed by atoms with Gasteiger partial charge in [0.25, 0.3) is 11.8 Å². The minimum absolute atomic E-state index is 0.0511. The summed E-state index contributed by atoms with van der Waals surface area (Å²) in [5.74, 6) is 1.62. The van der Waals surface area contributed by atoms with Crippen LogP contribution in [-0.2, 0) is 19.1 Å². The molecule has 15 heteroatoms. The van der Waals surface area contributed by atoms with Gasteiger partial charge in [0.05, 0.1) is 38.1 Å². The Morgan fingerprint density at radius 2 is 0.785 bits per heavy atom. The number of ether oxygens (including phenoxy) is 3. The number of amides is 6. The van der Waals surface area contributed by atoms with Crippen molar-refractivity contribution >= 4 is 82.7 Å².